The molecular formula is C21H18N4. The third-order valence-electron chi connectivity index (χ3n) is 4.20. The summed E-state index contributed by atoms with van der Waals surface area (Å²) in [5.74, 6) is 0.776. The van der Waals surface area contributed by atoms with Crippen molar-refractivity contribution in [1.82, 2.24) is 15.2 Å². The minimum absolute atomic E-state index is 0.737. The highest BCUT2D eigenvalue weighted by atomic mass is 15.2. The van der Waals surface area contributed by atoms with Crippen molar-refractivity contribution in [3.8, 4) is 0 Å². The van der Waals surface area contributed by atoms with Crippen LogP contribution in [0.4, 0.5) is 11.5 Å². The van der Waals surface area contributed by atoms with Crippen molar-refractivity contribution in [3.63, 3.8) is 0 Å². The third-order valence-corrected chi connectivity index (χ3v) is 4.20. The van der Waals surface area contributed by atoms with Gasteiger partial charge in [0.05, 0.1) is 5.69 Å². The summed E-state index contributed by atoms with van der Waals surface area (Å²) < 4.78 is 0. The molecule has 0 aliphatic heterocycles. The second kappa shape index (κ2) is 6.69. The Labute approximate surface area is 146 Å². The topological polar surface area (TPSA) is 50.7 Å². The van der Waals surface area contributed by atoms with Gasteiger partial charge in [0.2, 0.25) is 0 Å². The Morgan fingerprint density at radius 3 is 2.28 bits per heavy atom. The maximum Gasteiger partial charge on any atom is 0.160 e. The molecule has 0 bridgehead atoms. The lowest BCUT2D eigenvalue weighted by Crippen LogP contribution is -2.02. The van der Waals surface area contributed by atoms with Gasteiger partial charge in [-0.25, -0.2) is 0 Å². The smallest absolute Gasteiger partial charge is 0.160 e. The van der Waals surface area contributed by atoms with Crippen LogP contribution in [0, 0.1) is 6.92 Å². The molecule has 0 saturated heterocycles. The number of nitrogens with zero attached hydrogens (tertiary/aromatic N) is 3. The van der Waals surface area contributed by atoms with E-state index in [1.54, 1.807) is 12.4 Å². The van der Waals surface area contributed by atoms with Gasteiger partial charge in [-0.05, 0) is 36.8 Å². The van der Waals surface area contributed by atoms with Gasteiger partial charge in [-0.15, -0.1) is 5.10 Å². The Hall–Kier alpha value is -3.27. The highest BCUT2D eigenvalue weighted by Gasteiger charge is 2.10. The van der Waals surface area contributed by atoms with Crippen LogP contribution in [0.2, 0.25) is 0 Å². The summed E-state index contributed by atoms with van der Waals surface area (Å²) in [6.45, 7) is 2.08. The Kier molecular flexibility index (Phi) is 4.09. The number of benzene rings is 2. The average molecular weight is 326 g/mol. The fourth-order valence-electron chi connectivity index (χ4n) is 2.85. The fourth-order valence-corrected chi connectivity index (χ4v) is 2.85. The highest BCUT2D eigenvalue weighted by molar-refractivity contribution is 5.94. The standard InChI is InChI=1S/C21H18N4/c1-15-6-8-17(9-7-15)23-21-19-5-3-2-4-18(19)20(24-25-21)14-16-10-12-22-13-11-16/h2-13H,14H2,1H3,(H,23,25). The van der Waals surface area contributed by atoms with Gasteiger partial charge in [0, 0.05) is 35.3 Å². The summed E-state index contributed by atoms with van der Waals surface area (Å²) in [7, 11) is 0. The molecule has 0 unspecified atom stereocenters. The van der Waals surface area contributed by atoms with Crippen molar-refractivity contribution in [2.45, 2.75) is 13.3 Å². The van der Waals surface area contributed by atoms with Gasteiger partial charge in [0.1, 0.15) is 0 Å². The zero-order valence-electron chi connectivity index (χ0n) is 14.0. The Balaban J connectivity index is 1.72. The first-order chi connectivity index (χ1) is 12.3. The largest absolute Gasteiger partial charge is 0.338 e. The molecule has 0 aliphatic rings. The number of aromatic nitrogens is 3. The number of nitrogens with one attached hydrogen (secondary N) is 1. The van der Waals surface area contributed by atoms with E-state index in [4.69, 9.17) is 0 Å². The molecule has 0 radical (unpaired) electrons. The minimum Gasteiger partial charge on any atom is -0.338 e. The number of anilines is 2. The summed E-state index contributed by atoms with van der Waals surface area (Å²) in [5.41, 5.74) is 4.38. The first-order valence-corrected chi connectivity index (χ1v) is 8.26. The van der Waals surface area contributed by atoms with Crippen LogP contribution in [0.5, 0.6) is 0 Å². The van der Waals surface area contributed by atoms with E-state index >= 15 is 0 Å². The predicted molar refractivity (Wildman–Crippen MR) is 101 cm³/mol. The summed E-state index contributed by atoms with van der Waals surface area (Å²) in [6, 6.07) is 20.5. The zero-order valence-corrected chi connectivity index (χ0v) is 14.0. The van der Waals surface area contributed by atoms with Gasteiger partial charge in [-0.3, -0.25) is 4.98 Å². The van der Waals surface area contributed by atoms with Gasteiger partial charge in [-0.2, -0.15) is 5.10 Å². The maximum absolute atomic E-state index is 4.48. The molecule has 0 saturated carbocycles. The SMILES string of the molecule is Cc1ccc(Nc2nnc(Cc3ccncc3)c3ccccc23)cc1. The number of hydrogen-bond donors (Lipinski definition) is 1. The molecule has 0 fully saturated rings. The lowest BCUT2D eigenvalue weighted by atomic mass is 10.0. The molecule has 0 aliphatic carbocycles. The molecule has 0 amide bonds. The first-order valence-electron chi connectivity index (χ1n) is 8.26. The van der Waals surface area contributed by atoms with Crippen LogP contribution in [0.1, 0.15) is 16.8 Å². The molecule has 2 heterocycles. The molecule has 0 spiro atoms. The summed E-state index contributed by atoms with van der Waals surface area (Å²) in [5, 5.41) is 14.5. The second-order valence-corrected chi connectivity index (χ2v) is 6.06. The van der Waals surface area contributed by atoms with E-state index in [-0.39, 0.29) is 0 Å². The van der Waals surface area contributed by atoms with Gasteiger partial charge >= 0.3 is 0 Å². The van der Waals surface area contributed by atoms with Crippen LogP contribution < -0.4 is 5.32 Å². The van der Waals surface area contributed by atoms with Crippen LogP contribution in [0.3, 0.4) is 0 Å². The molecule has 4 heteroatoms. The third kappa shape index (κ3) is 3.33. The molecule has 4 aromatic rings. The lowest BCUT2D eigenvalue weighted by Gasteiger charge is -2.11. The molecule has 1 N–H and O–H groups in total. The van der Waals surface area contributed by atoms with E-state index < -0.39 is 0 Å². The number of aryl methyl sites for hydroxylation is 1. The van der Waals surface area contributed by atoms with E-state index in [2.05, 4.69) is 63.8 Å². The predicted octanol–water partition coefficient (Wildman–Crippen LogP) is 4.67. The first kappa shape index (κ1) is 15.3. The number of fused-ring (bicyclic) bond motifs is 1. The normalized spacial score (nSPS) is 10.8. The summed E-state index contributed by atoms with van der Waals surface area (Å²) in [6.07, 6.45) is 4.34. The van der Waals surface area contributed by atoms with Crippen LogP contribution >= 0.6 is 0 Å². The van der Waals surface area contributed by atoms with E-state index in [0.717, 1.165) is 34.4 Å². The molecule has 25 heavy (non-hydrogen) atoms. The van der Waals surface area contributed by atoms with E-state index in [1.807, 2.05) is 24.3 Å². The fraction of sp³-hybridized carbons (Fsp3) is 0.0952. The summed E-state index contributed by atoms with van der Waals surface area (Å²) in [4.78, 5) is 4.07. The lowest BCUT2D eigenvalue weighted by molar-refractivity contribution is 0.960. The molecule has 4 nitrogen and oxygen atoms in total. The highest BCUT2D eigenvalue weighted by Crippen LogP contribution is 2.26. The van der Waals surface area contributed by atoms with Crippen LogP contribution in [0.15, 0.2) is 73.1 Å². The Morgan fingerprint density at radius 1 is 0.800 bits per heavy atom. The van der Waals surface area contributed by atoms with Gasteiger partial charge < -0.3 is 5.32 Å². The van der Waals surface area contributed by atoms with Crippen molar-refractivity contribution < 1.29 is 0 Å². The molecule has 122 valence electrons. The van der Waals surface area contributed by atoms with Gasteiger partial charge in [0.15, 0.2) is 5.82 Å². The molecule has 2 aromatic heterocycles. The van der Waals surface area contributed by atoms with Crippen LogP contribution in [-0.2, 0) is 6.42 Å². The van der Waals surface area contributed by atoms with Crippen LogP contribution in [-0.4, -0.2) is 15.2 Å². The zero-order chi connectivity index (χ0) is 17.1. The van der Waals surface area contributed by atoms with Gasteiger partial charge in [-0.1, -0.05) is 42.0 Å². The van der Waals surface area contributed by atoms with Crippen molar-refractivity contribution >= 4 is 22.3 Å². The van der Waals surface area contributed by atoms with Crippen molar-refractivity contribution in [2.24, 2.45) is 0 Å². The second-order valence-electron chi connectivity index (χ2n) is 6.06. The monoisotopic (exact) mass is 326 g/mol. The molecule has 2 aromatic carbocycles. The van der Waals surface area contributed by atoms with Gasteiger partial charge in [0.25, 0.3) is 0 Å². The maximum atomic E-state index is 4.48. The molecular weight excluding hydrogens is 308 g/mol. The van der Waals surface area contributed by atoms with E-state index in [9.17, 15) is 0 Å². The number of pyridine rings is 1. The molecule has 0 atom stereocenters. The Morgan fingerprint density at radius 2 is 1.52 bits per heavy atom. The molecule has 4 rings (SSSR count). The van der Waals surface area contributed by atoms with Crippen LogP contribution in [0.25, 0.3) is 10.8 Å². The minimum atomic E-state index is 0.737. The average Bonchev–Trinajstić information content (AvgIpc) is 2.66. The summed E-state index contributed by atoms with van der Waals surface area (Å²) >= 11 is 0. The van der Waals surface area contributed by atoms with Crippen molar-refractivity contribution in [3.05, 3.63) is 89.9 Å². The van der Waals surface area contributed by atoms with E-state index in [1.165, 1.54) is 11.1 Å². The Bertz CT molecular complexity index is 995. The van der Waals surface area contributed by atoms with Crippen molar-refractivity contribution in [1.29, 1.82) is 0 Å². The quantitative estimate of drug-likeness (QED) is 0.592. The number of rotatable bonds is 4. The van der Waals surface area contributed by atoms with Crippen molar-refractivity contribution in [2.75, 3.05) is 5.32 Å². The van der Waals surface area contributed by atoms with E-state index in [0.29, 0.717) is 0 Å². The number of hydrogen-bond acceptors (Lipinski definition) is 4.